The first kappa shape index (κ1) is 11.0. The molecule has 0 unspecified atom stereocenters. The number of rotatable bonds is 4. The summed E-state index contributed by atoms with van der Waals surface area (Å²) in [6.07, 6.45) is 1.59. The van der Waals surface area contributed by atoms with Gasteiger partial charge in [-0.05, 0) is 17.2 Å². The van der Waals surface area contributed by atoms with Gasteiger partial charge in [0.05, 0.1) is 6.54 Å². The van der Waals surface area contributed by atoms with E-state index in [1.54, 1.807) is 6.33 Å². The molecule has 2 heterocycles. The van der Waals surface area contributed by atoms with Crippen LogP contribution in [0.25, 0.3) is 0 Å². The molecule has 17 heavy (non-hydrogen) atoms. The highest BCUT2D eigenvalue weighted by atomic mass is 16.6. The predicted octanol–water partition coefficient (Wildman–Crippen LogP) is -0.807. The van der Waals surface area contributed by atoms with Gasteiger partial charge in [0.15, 0.2) is 5.82 Å². The molecule has 0 aromatic carbocycles. The number of hydrogen-bond acceptors (Lipinski definition) is 7. The van der Waals surface area contributed by atoms with Gasteiger partial charge in [-0.15, -0.1) is 10.2 Å². The Morgan fingerprint density at radius 3 is 3.06 bits per heavy atom. The SMILES string of the molecule is CCn1cnnc1CNC(=O)c1nonc1N. The summed E-state index contributed by atoms with van der Waals surface area (Å²) in [5, 5.41) is 16.9. The van der Waals surface area contributed by atoms with Crippen molar-refractivity contribution in [1.82, 2.24) is 30.4 Å². The van der Waals surface area contributed by atoms with Crippen molar-refractivity contribution in [2.24, 2.45) is 0 Å². The third-order valence-corrected chi connectivity index (χ3v) is 2.17. The Bertz CT molecular complexity index is 517. The number of amides is 1. The lowest BCUT2D eigenvalue weighted by Crippen LogP contribution is -2.25. The topological polar surface area (TPSA) is 125 Å². The quantitative estimate of drug-likeness (QED) is 0.712. The van der Waals surface area contributed by atoms with Crippen LogP contribution in [-0.2, 0) is 13.1 Å². The molecule has 2 aromatic rings. The highest BCUT2D eigenvalue weighted by Gasteiger charge is 2.16. The average molecular weight is 237 g/mol. The molecule has 0 radical (unpaired) electrons. The fraction of sp³-hybridized carbons (Fsp3) is 0.375. The molecular weight excluding hydrogens is 226 g/mol. The van der Waals surface area contributed by atoms with Gasteiger partial charge < -0.3 is 15.6 Å². The van der Waals surface area contributed by atoms with Crippen LogP contribution in [0.2, 0.25) is 0 Å². The van der Waals surface area contributed by atoms with E-state index in [0.717, 1.165) is 6.54 Å². The standard InChI is InChI=1S/C8H11N7O2/c1-2-15-4-11-12-5(15)3-10-8(16)6-7(9)14-17-13-6/h4H,2-3H2,1H3,(H2,9,14)(H,10,16). The van der Waals surface area contributed by atoms with Gasteiger partial charge >= 0.3 is 0 Å². The van der Waals surface area contributed by atoms with E-state index in [2.05, 4.69) is 30.5 Å². The van der Waals surface area contributed by atoms with Crippen molar-refractivity contribution < 1.29 is 9.42 Å². The summed E-state index contributed by atoms with van der Waals surface area (Å²) >= 11 is 0. The normalized spacial score (nSPS) is 10.4. The Labute approximate surface area is 96.0 Å². The summed E-state index contributed by atoms with van der Waals surface area (Å²) in [6, 6.07) is 0. The number of anilines is 1. The van der Waals surface area contributed by atoms with Gasteiger partial charge in [-0.3, -0.25) is 4.79 Å². The molecule has 0 saturated carbocycles. The zero-order valence-corrected chi connectivity index (χ0v) is 9.12. The molecule has 1 amide bonds. The van der Waals surface area contributed by atoms with Crippen LogP contribution in [0.4, 0.5) is 5.82 Å². The molecule has 0 atom stereocenters. The molecule has 0 spiro atoms. The van der Waals surface area contributed by atoms with E-state index in [0.29, 0.717) is 5.82 Å². The lowest BCUT2D eigenvalue weighted by molar-refractivity contribution is 0.0940. The van der Waals surface area contributed by atoms with Crippen molar-refractivity contribution >= 4 is 11.7 Å². The van der Waals surface area contributed by atoms with E-state index in [-0.39, 0.29) is 18.1 Å². The van der Waals surface area contributed by atoms with Crippen LogP contribution < -0.4 is 11.1 Å². The Hall–Kier alpha value is -2.45. The molecule has 9 nitrogen and oxygen atoms in total. The van der Waals surface area contributed by atoms with Crippen LogP contribution in [0.1, 0.15) is 23.2 Å². The second-order valence-electron chi connectivity index (χ2n) is 3.21. The number of nitrogens with one attached hydrogen (secondary N) is 1. The van der Waals surface area contributed by atoms with Crippen molar-refractivity contribution in [3.8, 4) is 0 Å². The summed E-state index contributed by atoms with van der Waals surface area (Å²) in [5.74, 6) is 0.143. The van der Waals surface area contributed by atoms with Crippen LogP contribution >= 0.6 is 0 Å². The number of nitrogens with two attached hydrogens (primary N) is 1. The van der Waals surface area contributed by atoms with Crippen molar-refractivity contribution in [3.05, 3.63) is 17.8 Å². The fourth-order valence-electron chi connectivity index (χ4n) is 1.28. The van der Waals surface area contributed by atoms with Crippen LogP contribution in [0, 0.1) is 0 Å². The minimum absolute atomic E-state index is 0.0347. The van der Waals surface area contributed by atoms with E-state index >= 15 is 0 Å². The number of nitrogens with zero attached hydrogens (tertiary/aromatic N) is 5. The summed E-state index contributed by atoms with van der Waals surface area (Å²) in [4.78, 5) is 11.6. The zero-order valence-electron chi connectivity index (χ0n) is 9.12. The summed E-state index contributed by atoms with van der Waals surface area (Å²) < 4.78 is 6.14. The van der Waals surface area contributed by atoms with Crippen LogP contribution in [0.15, 0.2) is 11.0 Å². The molecule has 0 saturated heterocycles. The van der Waals surface area contributed by atoms with E-state index in [4.69, 9.17) is 5.73 Å². The molecule has 0 aliphatic rings. The molecular formula is C8H11N7O2. The Morgan fingerprint density at radius 1 is 1.59 bits per heavy atom. The van der Waals surface area contributed by atoms with Gasteiger partial charge in [-0.1, -0.05) is 0 Å². The van der Waals surface area contributed by atoms with Gasteiger partial charge in [-0.25, -0.2) is 4.63 Å². The molecule has 2 aromatic heterocycles. The summed E-state index contributed by atoms with van der Waals surface area (Å²) in [6.45, 7) is 2.92. The number of nitrogen functional groups attached to an aromatic ring is 1. The molecule has 0 aliphatic carbocycles. The summed E-state index contributed by atoms with van der Waals surface area (Å²) in [5.41, 5.74) is 5.35. The average Bonchev–Trinajstić information content (AvgIpc) is 2.94. The summed E-state index contributed by atoms with van der Waals surface area (Å²) in [7, 11) is 0. The lowest BCUT2D eigenvalue weighted by Gasteiger charge is -2.03. The minimum Gasteiger partial charge on any atom is -0.379 e. The number of carbonyl (C=O) groups excluding carboxylic acids is 1. The molecule has 2 rings (SSSR count). The van der Waals surface area contributed by atoms with E-state index in [1.807, 2.05) is 11.5 Å². The van der Waals surface area contributed by atoms with Gasteiger partial charge in [0.25, 0.3) is 5.91 Å². The fourth-order valence-corrected chi connectivity index (χ4v) is 1.28. The van der Waals surface area contributed by atoms with Crippen molar-refractivity contribution in [1.29, 1.82) is 0 Å². The zero-order chi connectivity index (χ0) is 12.3. The molecule has 90 valence electrons. The van der Waals surface area contributed by atoms with Gasteiger partial charge in [-0.2, -0.15) is 0 Å². The Balaban J connectivity index is 1.99. The first-order chi connectivity index (χ1) is 8.22. The largest absolute Gasteiger partial charge is 0.379 e. The number of aromatic nitrogens is 5. The Morgan fingerprint density at radius 2 is 2.41 bits per heavy atom. The third kappa shape index (κ3) is 2.22. The number of aryl methyl sites for hydroxylation is 1. The van der Waals surface area contributed by atoms with Crippen LogP contribution in [0.5, 0.6) is 0 Å². The number of carbonyl (C=O) groups is 1. The van der Waals surface area contributed by atoms with E-state index in [1.165, 1.54) is 0 Å². The van der Waals surface area contributed by atoms with Gasteiger partial charge in [0.2, 0.25) is 11.5 Å². The lowest BCUT2D eigenvalue weighted by atomic mass is 10.4. The second-order valence-corrected chi connectivity index (χ2v) is 3.21. The molecule has 3 N–H and O–H groups in total. The van der Waals surface area contributed by atoms with E-state index < -0.39 is 5.91 Å². The first-order valence-corrected chi connectivity index (χ1v) is 4.95. The van der Waals surface area contributed by atoms with Crippen LogP contribution in [-0.4, -0.2) is 31.0 Å². The smallest absolute Gasteiger partial charge is 0.277 e. The highest BCUT2D eigenvalue weighted by Crippen LogP contribution is 2.03. The monoisotopic (exact) mass is 237 g/mol. The van der Waals surface area contributed by atoms with Crippen molar-refractivity contribution in [3.63, 3.8) is 0 Å². The maximum Gasteiger partial charge on any atom is 0.277 e. The van der Waals surface area contributed by atoms with Crippen molar-refractivity contribution in [2.45, 2.75) is 20.0 Å². The second kappa shape index (κ2) is 4.60. The maximum absolute atomic E-state index is 11.6. The number of hydrogen-bond donors (Lipinski definition) is 2. The molecule has 0 fully saturated rings. The minimum atomic E-state index is -0.464. The highest BCUT2D eigenvalue weighted by molar-refractivity contribution is 5.95. The first-order valence-electron chi connectivity index (χ1n) is 4.95. The van der Waals surface area contributed by atoms with Crippen LogP contribution in [0.3, 0.4) is 0 Å². The third-order valence-electron chi connectivity index (χ3n) is 2.17. The Kier molecular flexibility index (Phi) is 2.99. The molecule has 0 bridgehead atoms. The molecule has 0 aliphatic heterocycles. The predicted molar refractivity (Wildman–Crippen MR) is 55.6 cm³/mol. The maximum atomic E-state index is 11.6. The molecule has 9 heteroatoms. The van der Waals surface area contributed by atoms with E-state index in [9.17, 15) is 4.79 Å². The van der Waals surface area contributed by atoms with Gasteiger partial charge in [0.1, 0.15) is 6.33 Å². The van der Waals surface area contributed by atoms with Gasteiger partial charge in [0, 0.05) is 6.54 Å². The van der Waals surface area contributed by atoms with Crippen molar-refractivity contribution in [2.75, 3.05) is 5.73 Å².